The Kier molecular flexibility index (Phi) is 6.37. The van der Waals surface area contributed by atoms with Crippen molar-refractivity contribution in [3.05, 3.63) is 24.4 Å². The van der Waals surface area contributed by atoms with Gasteiger partial charge >= 0.3 is 0 Å². The van der Waals surface area contributed by atoms with E-state index in [-0.39, 0.29) is 0 Å². The Balaban J connectivity index is 1.37. The average Bonchev–Trinajstić information content (AvgIpc) is 3.10. The molecule has 2 fully saturated rings. The number of rotatable bonds is 6. The Morgan fingerprint density at radius 1 is 1.25 bits per heavy atom. The van der Waals surface area contributed by atoms with Crippen molar-refractivity contribution in [2.75, 3.05) is 62.7 Å². The molecule has 0 unspecified atom stereocenters. The average molecular weight is 349 g/mol. The Morgan fingerprint density at radius 2 is 2.08 bits per heavy atom. The van der Waals surface area contributed by atoms with Gasteiger partial charge in [0.05, 0.1) is 0 Å². The van der Waals surface area contributed by atoms with Gasteiger partial charge < -0.3 is 9.80 Å². The lowest BCUT2D eigenvalue weighted by atomic mass is 10.2. The van der Waals surface area contributed by atoms with Crippen LogP contribution < -0.4 is 4.90 Å². The van der Waals surface area contributed by atoms with Crippen LogP contribution in [0.3, 0.4) is 0 Å². The molecule has 0 aromatic carbocycles. The number of aromatic nitrogens is 1. The molecule has 1 aromatic rings. The fourth-order valence-corrected chi connectivity index (χ4v) is 4.33. The second-order valence-electron chi connectivity index (χ2n) is 6.72. The zero-order valence-corrected chi connectivity index (χ0v) is 15.4. The minimum atomic E-state index is 0.339. The summed E-state index contributed by atoms with van der Waals surface area (Å²) in [4.78, 5) is 23.6. The molecular formula is C18H28N4OS. The van der Waals surface area contributed by atoms with Crippen molar-refractivity contribution in [1.82, 2.24) is 14.8 Å². The molecule has 3 rings (SSSR count). The molecule has 24 heavy (non-hydrogen) atoms. The van der Waals surface area contributed by atoms with Crippen LogP contribution >= 0.6 is 11.8 Å². The van der Waals surface area contributed by atoms with Crippen molar-refractivity contribution in [2.24, 2.45) is 5.92 Å². The van der Waals surface area contributed by atoms with Gasteiger partial charge in [0, 0.05) is 58.4 Å². The monoisotopic (exact) mass is 348 g/mol. The van der Waals surface area contributed by atoms with E-state index in [1.807, 2.05) is 30.1 Å². The Labute approximate surface area is 149 Å². The number of pyridine rings is 1. The predicted octanol–water partition coefficient (Wildman–Crippen LogP) is 1.81. The maximum absolute atomic E-state index is 12.4. The van der Waals surface area contributed by atoms with E-state index >= 15 is 0 Å². The summed E-state index contributed by atoms with van der Waals surface area (Å²) >= 11 is 1.89. The number of anilines is 1. The topological polar surface area (TPSA) is 39.7 Å². The third kappa shape index (κ3) is 4.63. The number of hydrogen-bond acceptors (Lipinski definition) is 5. The largest absolute Gasteiger partial charge is 0.354 e. The van der Waals surface area contributed by atoms with E-state index in [0.717, 1.165) is 51.6 Å². The molecule has 2 saturated heterocycles. The van der Waals surface area contributed by atoms with Crippen molar-refractivity contribution in [1.29, 1.82) is 0 Å². The summed E-state index contributed by atoms with van der Waals surface area (Å²) in [5, 5.41) is 0. The van der Waals surface area contributed by atoms with Crippen LogP contribution in [0.4, 0.5) is 5.82 Å². The summed E-state index contributed by atoms with van der Waals surface area (Å²) in [5.74, 6) is 3.28. The Morgan fingerprint density at radius 3 is 2.79 bits per heavy atom. The van der Waals surface area contributed by atoms with Gasteiger partial charge in [-0.2, -0.15) is 11.8 Å². The third-order valence-corrected chi connectivity index (χ3v) is 5.83. The van der Waals surface area contributed by atoms with Crippen LogP contribution in [0.2, 0.25) is 0 Å². The highest BCUT2D eigenvalue weighted by molar-refractivity contribution is 7.98. The fourth-order valence-electron chi connectivity index (χ4n) is 3.58. The minimum absolute atomic E-state index is 0.339. The maximum Gasteiger partial charge on any atom is 0.223 e. The number of carbonyl (C=O) groups is 1. The van der Waals surface area contributed by atoms with Crippen molar-refractivity contribution >= 4 is 23.5 Å². The second-order valence-corrected chi connectivity index (χ2v) is 7.63. The van der Waals surface area contributed by atoms with Gasteiger partial charge in [-0.3, -0.25) is 9.69 Å². The van der Waals surface area contributed by atoms with Crippen LogP contribution in [0.15, 0.2) is 24.4 Å². The first-order valence-corrected chi connectivity index (χ1v) is 10.3. The van der Waals surface area contributed by atoms with Crippen LogP contribution in [0.5, 0.6) is 0 Å². The SMILES string of the molecule is CSC[C@H]1CCN(C(=O)CCN2CCN(c3ccccn3)CC2)C1. The van der Waals surface area contributed by atoms with Gasteiger partial charge in [-0.1, -0.05) is 6.07 Å². The molecule has 0 saturated carbocycles. The molecule has 2 aliphatic rings. The van der Waals surface area contributed by atoms with Crippen LogP contribution in [-0.4, -0.2) is 78.5 Å². The van der Waals surface area contributed by atoms with Crippen LogP contribution in [0.1, 0.15) is 12.8 Å². The molecular weight excluding hydrogens is 320 g/mol. The molecule has 1 atom stereocenters. The number of piperazine rings is 1. The zero-order valence-electron chi connectivity index (χ0n) is 14.6. The first kappa shape index (κ1) is 17.5. The Hall–Kier alpha value is -1.27. The number of carbonyl (C=O) groups excluding carboxylic acids is 1. The quantitative estimate of drug-likeness (QED) is 0.784. The molecule has 6 heteroatoms. The lowest BCUT2D eigenvalue weighted by Gasteiger charge is -2.35. The van der Waals surface area contributed by atoms with E-state index in [1.165, 1.54) is 12.2 Å². The molecule has 3 heterocycles. The van der Waals surface area contributed by atoms with Crippen LogP contribution in [-0.2, 0) is 4.79 Å². The Bertz CT molecular complexity index is 519. The molecule has 1 amide bonds. The summed E-state index contributed by atoms with van der Waals surface area (Å²) in [6.07, 6.45) is 5.83. The minimum Gasteiger partial charge on any atom is -0.354 e. The smallest absolute Gasteiger partial charge is 0.223 e. The molecule has 0 aliphatic carbocycles. The van der Waals surface area contributed by atoms with Gasteiger partial charge in [0.2, 0.25) is 5.91 Å². The summed E-state index contributed by atoms with van der Waals surface area (Å²) in [7, 11) is 0. The van der Waals surface area contributed by atoms with Crippen molar-refractivity contribution in [3.8, 4) is 0 Å². The number of amides is 1. The van der Waals surface area contributed by atoms with E-state index < -0.39 is 0 Å². The zero-order chi connectivity index (χ0) is 16.8. The summed E-state index contributed by atoms with van der Waals surface area (Å²) in [5.41, 5.74) is 0. The van der Waals surface area contributed by atoms with E-state index in [1.54, 1.807) is 0 Å². The van der Waals surface area contributed by atoms with Gasteiger partial charge in [0.1, 0.15) is 5.82 Å². The second kappa shape index (κ2) is 8.72. The van der Waals surface area contributed by atoms with Gasteiger partial charge in [-0.15, -0.1) is 0 Å². The maximum atomic E-state index is 12.4. The lowest BCUT2D eigenvalue weighted by Crippen LogP contribution is -2.47. The van der Waals surface area contributed by atoms with Gasteiger partial charge in [-0.25, -0.2) is 4.98 Å². The molecule has 0 spiro atoms. The normalized spacial score (nSPS) is 22.1. The summed E-state index contributed by atoms with van der Waals surface area (Å²) in [6.45, 7) is 6.82. The fraction of sp³-hybridized carbons (Fsp3) is 0.667. The van der Waals surface area contributed by atoms with Crippen molar-refractivity contribution in [3.63, 3.8) is 0 Å². The molecule has 2 aliphatic heterocycles. The van der Waals surface area contributed by atoms with E-state index in [0.29, 0.717) is 18.2 Å². The number of hydrogen-bond donors (Lipinski definition) is 0. The first-order valence-electron chi connectivity index (χ1n) is 8.91. The van der Waals surface area contributed by atoms with Gasteiger partial charge in [0.15, 0.2) is 0 Å². The molecule has 1 aromatic heterocycles. The summed E-state index contributed by atoms with van der Waals surface area (Å²) in [6, 6.07) is 6.05. The lowest BCUT2D eigenvalue weighted by molar-refractivity contribution is -0.130. The highest BCUT2D eigenvalue weighted by Crippen LogP contribution is 2.20. The number of nitrogens with zero attached hydrogens (tertiary/aromatic N) is 4. The highest BCUT2D eigenvalue weighted by atomic mass is 32.2. The third-order valence-electron chi connectivity index (χ3n) is 5.03. The molecule has 0 N–H and O–H groups in total. The van der Waals surface area contributed by atoms with Crippen molar-refractivity contribution in [2.45, 2.75) is 12.8 Å². The van der Waals surface area contributed by atoms with Gasteiger partial charge in [-0.05, 0) is 36.5 Å². The van der Waals surface area contributed by atoms with Crippen molar-refractivity contribution < 1.29 is 4.79 Å². The standard InChI is InChI=1S/C18H28N4OS/c1-24-15-16-5-9-22(14-16)18(23)6-8-20-10-12-21(13-11-20)17-4-2-3-7-19-17/h2-4,7,16H,5-6,8-15H2,1H3/t16-/m0/s1. The van der Waals surface area contributed by atoms with E-state index in [4.69, 9.17) is 0 Å². The number of likely N-dealkylation sites (tertiary alicyclic amines) is 1. The van der Waals surface area contributed by atoms with E-state index in [9.17, 15) is 4.79 Å². The summed E-state index contributed by atoms with van der Waals surface area (Å²) < 4.78 is 0. The number of thioether (sulfide) groups is 1. The van der Waals surface area contributed by atoms with E-state index in [2.05, 4.69) is 32.0 Å². The molecule has 0 radical (unpaired) electrons. The molecule has 132 valence electrons. The predicted molar refractivity (Wildman–Crippen MR) is 101 cm³/mol. The molecule has 0 bridgehead atoms. The van der Waals surface area contributed by atoms with Gasteiger partial charge in [0.25, 0.3) is 0 Å². The molecule has 5 nitrogen and oxygen atoms in total. The first-order chi connectivity index (χ1) is 11.8. The highest BCUT2D eigenvalue weighted by Gasteiger charge is 2.26. The van der Waals surface area contributed by atoms with Crippen LogP contribution in [0, 0.1) is 5.92 Å². The van der Waals surface area contributed by atoms with Crippen LogP contribution in [0.25, 0.3) is 0 Å².